The fourth-order valence-corrected chi connectivity index (χ4v) is 7.02. The van der Waals surface area contributed by atoms with Crippen molar-refractivity contribution in [2.75, 3.05) is 26.8 Å². The molecule has 0 aromatic heterocycles. The lowest BCUT2D eigenvalue weighted by Crippen LogP contribution is -2.52. The van der Waals surface area contributed by atoms with Crippen molar-refractivity contribution in [1.29, 1.82) is 0 Å². The SMILES string of the molecule is C#CC[C@H](O[Si](C)(C)C(C)(C)C)[C@@H](OCOCC[Si](C)(C)C)[C@H](OCOCC[Si](C)(C)C)[C@@H](C)C/C(C)=C/C(C)=C/C. The van der Waals surface area contributed by atoms with E-state index in [1.807, 2.05) is 0 Å². The van der Waals surface area contributed by atoms with Crippen LogP contribution in [-0.2, 0) is 23.4 Å². The normalized spacial score (nSPS) is 17.1. The van der Waals surface area contributed by atoms with Crippen molar-refractivity contribution in [2.45, 2.75) is 149 Å². The highest BCUT2D eigenvalue weighted by atomic mass is 28.4. The summed E-state index contributed by atoms with van der Waals surface area (Å²) in [5.74, 6) is 3.03. The largest absolute Gasteiger partial charge is 0.410 e. The van der Waals surface area contributed by atoms with E-state index in [0.717, 1.165) is 18.5 Å². The van der Waals surface area contributed by atoms with Crippen molar-refractivity contribution < 1.29 is 23.4 Å². The second-order valence-electron chi connectivity index (χ2n) is 16.0. The molecule has 0 saturated carbocycles. The maximum Gasteiger partial charge on any atom is 0.192 e. The van der Waals surface area contributed by atoms with Gasteiger partial charge in [0.05, 0.1) is 12.2 Å². The smallest absolute Gasteiger partial charge is 0.192 e. The molecule has 5 nitrogen and oxygen atoms in total. The first-order valence-electron chi connectivity index (χ1n) is 15.9. The molecule has 0 fully saturated rings. The molecule has 42 heavy (non-hydrogen) atoms. The van der Waals surface area contributed by atoms with E-state index in [1.54, 1.807) is 0 Å². The van der Waals surface area contributed by atoms with Crippen LogP contribution in [0.1, 0.15) is 61.3 Å². The fourth-order valence-electron chi connectivity index (χ4n) is 4.18. The summed E-state index contributed by atoms with van der Waals surface area (Å²) in [6.07, 6.45) is 10.7. The van der Waals surface area contributed by atoms with Gasteiger partial charge in [0.25, 0.3) is 0 Å². The van der Waals surface area contributed by atoms with Crippen LogP contribution < -0.4 is 0 Å². The summed E-state index contributed by atoms with van der Waals surface area (Å²) in [7, 11) is -4.58. The third-order valence-electron chi connectivity index (χ3n) is 8.08. The molecule has 246 valence electrons. The van der Waals surface area contributed by atoms with Gasteiger partial charge in [-0.05, 0) is 63.3 Å². The molecule has 0 bridgehead atoms. The summed E-state index contributed by atoms with van der Waals surface area (Å²) in [5, 5.41) is 0.0313. The Balaban J connectivity index is 6.30. The van der Waals surface area contributed by atoms with Gasteiger partial charge in [-0.3, -0.25) is 0 Å². The van der Waals surface area contributed by atoms with Gasteiger partial charge in [-0.1, -0.05) is 90.3 Å². The topological polar surface area (TPSA) is 46.2 Å². The number of ether oxygens (including phenoxy) is 4. The molecule has 0 saturated heterocycles. The predicted molar refractivity (Wildman–Crippen MR) is 190 cm³/mol. The first kappa shape index (κ1) is 41.5. The maximum absolute atomic E-state index is 6.99. The Hall–Kier alpha value is -0.509. The Kier molecular flexibility index (Phi) is 18.9. The van der Waals surface area contributed by atoms with Gasteiger partial charge in [0.1, 0.15) is 19.7 Å². The van der Waals surface area contributed by atoms with Gasteiger partial charge >= 0.3 is 0 Å². The van der Waals surface area contributed by atoms with Crippen molar-refractivity contribution in [1.82, 2.24) is 0 Å². The standard InChI is InChI=1S/C34H68O5Si3/c1-17-19-31(39-42(15,16)34(6,7)8)33(38-27-36-21-23-41(12,13)14)32(37-26-35-20-22-40(9,10)11)30(5)25-29(4)24-28(3)18-2/h1,18,24,30-33H,19-23,25-27H2,2-16H3/b28-18+,29-24+/t30-,31-,32+,33+/m0/s1. The van der Waals surface area contributed by atoms with Gasteiger partial charge in [-0.15, -0.1) is 12.3 Å². The quantitative estimate of drug-likeness (QED) is 0.0411. The molecule has 8 heteroatoms. The zero-order chi connectivity index (χ0) is 32.8. The third kappa shape index (κ3) is 18.3. The van der Waals surface area contributed by atoms with E-state index in [1.165, 1.54) is 11.1 Å². The Bertz CT molecular complexity index is 856. The minimum absolute atomic E-state index is 0.0313. The van der Waals surface area contributed by atoms with E-state index in [9.17, 15) is 0 Å². The molecule has 0 aliphatic carbocycles. The van der Waals surface area contributed by atoms with Crippen LogP contribution in [0.4, 0.5) is 0 Å². The van der Waals surface area contributed by atoms with Gasteiger partial charge in [0, 0.05) is 35.8 Å². The van der Waals surface area contributed by atoms with Gasteiger partial charge in [-0.2, -0.15) is 0 Å². The molecular formula is C34H68O5Si3. The van der Waals surface area contributed by atoms with Crippen molar-refractivity contribution in [2.24, 2.45) is 5.92 Å². The van der Waals surface area contributed by atoms with Gasteiger partial charge in [0.15, 0.2) is 8.32 Å². The monoisotopic (exact) mass is 640 g/mol. The Morgan fingerprint density at radius 3 is 1.71 bits per heavy atom. The molecular weight excluding hydrogens is 573 g/mol. The van der Waals surface area contributed by atoms with Crippen molar-refractivity contribution in [3.63, 3.8) is 0 Å². The van der Waals surface area contributed by atoms with E-state index in [-0.39, 0.29) is 36.7 Å². The van der Waals surface area contributed by atoms with E-state index < -0.39 is 30.6 Å². The highest BCUT2D eigenvalue weighted by molar-refractivity contribution is 6.76. The Morgan fingerprint density at radius 2 is 1.31 bits per heavy atom. The molecule has 0 aromatic rings. The number of rotatable bonds is 21. The van der Waals surface area contributed by atoms with Crippen LogP contribution >= 0.6 is 0 Å². The van der Waals surface area contributed by atoms with Crippen LogP contribution in [0, 0.1) is 18.3 Å². The number of allylic oxidation sites excluding steroid dienone is 4. The zero-order valence-electron chi connectivity index (χ0n) is 30.2. The summed E-state index contributed by atoms with van der Waals surface area (Å²) in [4.78, 5) is 0. The van der Waals surface area contributed by atoms with Crippen LogP contribution in [0.3, 0.4) is 0 Å². The fraction of sp³-hybridized carbons (Fsp3) is 0.824. The second-order valence-corrected chi connectivity index (χ2v) is 32.0. The highest BCUT2D eigenvalue weighted by Gasteiger charge is 2.43. The first-order valence-corrected chi connectivity index (χ1v) is 26.3. The lowest BCUT2D eigenvalue weighted by molar-refractivity contribution is -0.200. The Labute approximate surface area is 264 Å². The molecule has 0 spiro atoms. The average molecular weight is 641 g/mol. The van der Waals surface area contributed by atoms with Crippen LogP contribution in [0.5, 0.6) is 0 Å². The van der Waals surface area contributed by atoms with E-state index >= 15 is 0 Å². The molecule has 0 rings (SSSR count). The maximum atomic E-state index is 6.99. The average Bonchev–Trinajstić information content (AvgIpc) is 2.81. The van der Waals surface area contributed by atoms with Gasteiger partial charge in [0.2, 0.25) is 0 Å². The molecule has 0 heterocycles. The Morgan fingerprint density at radius 1 is 0.833 bits per heavy atom. The van der Waals surface area contributed by atoms with Crippen LogP contribution in [-0.4, -0.2) is 69.6 Å². The summed E-state index contributed by atoms with van der Waals surface area (Å²) in [5.41, 5.74) is 2.55. The summed E-state index contributed by atoms with van der Waals surface area (Å²) in [6.45, 7) is 35.9. The summed E-state index contributed by atoms with van der Waals surface area (Å²) >= 11 is 0. The predicted octanol–water partition coefficient (Wildman–Crippen LogP) is 9.73. The molecule has 0 aromatic carbocycles. The molecule has 0 aliphatic rings. The first-order chi connectivity index (χ1) is 19.1. The molecule has 0 amide bonds. The highest BCUT2D eigenvalue weighted by Crippen LogP contribution is 2.39. The molecule has 0 radical (unpaired) electrons. The van der Waals surface area contributed by atoms with Gasteiger partial charge < -0.3 is 23.4 Å². The molecule has 0 N–H and O–H groups in total. The van der Waals surface area contributed by atoms with Crippen molar-refractivity contribution in [3.8, 4) is 12.3 Å². The van der Waals surface area contributed by atoms with E-state index in [0.29, 0.717) is 19.6 Å². The van der Waals surface area contributed by atoms with Crippen LogP contribution in [0.2, 0.25) is 69.5 Å². The minimum Gasteiger partial charge on any atom is -0.410 e. The van der Waals surface area contributed by atoms with Crippen LogP contribution in [0.25, 0.3) is 0 Å². The van der Waals surface area contributed by atoms with Crippen molar-refractivity contribution >= 4 is 24.5 Å². The molecule has 4 atom stereocenters. The lowest BCUT2D eigenvalue weighted by Gasteiger charge is -2.43. The lowest BCUT2D eigenvalue weighted by atomic mass is 9.89. The summed E-state index contributed by atoms with van der Waals surface area (Å²) in [6, 6.07) is 2.19. The minimum atomic E-state index is -2.16. The zero-order valence-corrected chi connectivity index (χ0v) is 33.2. The van der Waals surface area contributed by atoms with E-state index in [4.69, 9.17) is 29.8 Å². The van der Waals surface area contributed by atoms with E-state index in [2.05, 4.69) is 119 Å². The third-order valence-corrected chi connectivity index (χ3v) is 16.0. The van der Waals surface area contributed by atoms with Crippen molar-refractivity contribution in [3.05, 3.63) is 23.3 Å². The number of terminal acetylenes is 1. The number of hydrogen-bond donors (Lipinski definition) is 0. The second kappa shape index (κ2) is 19.1. The summed E-state index contributed by atoms with van der Waals surface area (Å²) < 4.78 is 32.3. The van der Waals surface area contributed by atoms with Crippen LogP contribution in [0.15, 0.2) is 23.3 Å². The van der Waals surface area contributed by atoms with Gasteiger partial charge in [-0.25, -0.2) is 0 Å². The number of hydrogen-bond acceptors (Lipinski definition) is 5. The molecule has 0 aliphatic heterocycles. The molecule has 0 unspecified atom stereocenters.